The van der Waals surface area contributed by atoms with Crippen molar-refractivity contribution in [3.05, 3.63) is 27.9 Å². The molecule has 1 rings (SSSR count). The van der Waals surface area contributed by atoms with Crippen LogP contribution in [0.5, 0.6) is 0 Å². The summed E-state index contributed by atoms with van der Waals surface area (Å²) in [5.74, 6) is 0.657. The van der Waals surface area contributed by atoms with Crippen LogP contribution in [0, 0.1) is 17.0 Å². The first kappa shape index (κ1) is 15.9. The van der Waals surface area contributed by atoms with Gasteiger partial charge in [0.25, 0.3) is 5.69 Å². The van der Waals surface area contributed by atoms with Gasteiger partial charge in [0.05, 0.1) is 4.92 Å². The highest BCUT2D eigenvalue weighted by Gasteiger charge is 2.11. The molecule has 1 N–H and O–H groups in total. The highest BCUT2D eigenvalue weighted by molar-refractivity contribution is 5.76. The van der Waals surface area contributed by atoms with Gasteiger partial charge in [0.1, 0.15) is 12.0 Å². The van der Waals surface area contributed by atoms with Crippen molar-refractivity contribution in [2.24, 2.45) is 0 Å². The molecule has 0 saturated heterocycles. The summed E-state index contributed by atoms with van der Waals surface area (Å²) < 4.78 is 0. The summed E-state index contributed by atoms with van der Waals surface area (Å²) >= 11 is 0. The van der Waals surface area contributed by atoms with Gasteiger partial charge < -0.3 is 10.2 Å². The van der Waals surface area contributed by atoms with Gasteiger partial charge >= 0.3 is 0 Å². The number of nitrogens with one attached hydrogen (secondary N) is 1. The van der Waals surface area contributed by atoms with Crippen molar-refractivity contribution < 1.29 is 9.72 Å². The van der Waals surface area contributed by atoms with E-state index in [0.717, 1.165) is 0 Å². The number of carbonyl (C=O) groups excluding carboxylic acids is 1. The van der Waals surface area contributed by atoms with Crippen LogP contribution in [0.25, 0.3) is 0 Å². The van der Waals surface area contributed by atoms with Crippen LogP contribution in [0.4, 0.5) is 11.5 Å². The van der Waals surface area contributed by atoms with E-state index in [-0.39, 0.29) is 11.6 Å². The second kappa shape index (κ2) is 7.42. The van der Waals surface area contributed by atoms with Crippen molar-refractivity contribution in [1.82, 2.24) is 9.88 Å². The molecule has 1 aromatic rings. The number of aryl methyl sites for hydroxylation is 1. The maximum absolute atomic E-state index is 11.8. The lowest BCUT2D eigenvalue weighted by Gasteiger charge is -2.18. The Labute approximate surface area is 118 Å². The van der Waals surface area contributed by atoms with Crippen LogP contribution in [0.2, 0.25) is 0 Å². The maximum atomic E-state index is 11.8. The Hall–Kier alpha value is -2.18. The first-order valence-corrected chi connectivity index (χ1v) is 6.62. The molecular weight excluding hydrogens is 260 g/mol. The minimum atomic E-state index is -0.478. The molecule has 0 unspecified atom stereocenters. The van der Waals surface area contributed by atoms with Crippen LogP contribution < -0.4 is 5.32 Å². The molecule has 0 aliphatic rings. The second-order valence-electron chi connectivity index (χ2n) is 4.36. The fourth-order valence-corrected chi connectivity index (χ4v) is 1.87. The summed E-state index contributed by atoms with van der Waals surface area (Å²) in [6, 6.07) is 1.46. The Morgan fingerprint density at radius 3 is 2.60 bits per heavy atom. The standard InChI is InChI=1S/C13H20N4O3/c1-4-16(5-2)12(18)6-7-14-13-10(3)8-11(9-15-13)17(19)20/h8-9H,4-7H2,1-3H3,(H,14,15). The van der Waals surface area contributed by atoms with E-state index in [1.165, 1.54) is 12.3 Å². The topological polar surface area (TPSA) is 88.4 Å². The zero-order valence-electron chi connectivity index (χ0n) is 12.0. The van der Waals surface area contributed by atoms with E-state index >= 15 is 0 Å². The van der Waals surface area contributed by atoms with Crippen LogP contribution in [0.15, 0.2) is 12.3 Å². The third-order valence-electron chi connectivity index (χ3n) is 3.02. The number of amides is 1. The molecule has 20 heavy (non-hydrogen) atoms. The van der Waals surface area contributed by atoms with E-state index in [9.17, 15) is 14.9 Å². The van der Waals surface area contributed by atoms with E-state index in [0.29, 0.717) is 37.4 Å². The highest BCUT2D eigenvalue weighted by atomic mass is 16.6. The number of rotatable bonds is 7. The third kappa shape index (κ3) is 4.18. The normalized spacial score (nSPS) is 10.2. The first-order valence-electron chi connectivity index (χ1n) is 6.62. The Kier molecular flexibility index (Phi) is 5.89. The molecule has 1 amide bonds. The number of nitro groups is 1. The minimum Gasteiger partial charge on any atom is -0.369 e. The van der Waals surface area contributed by atoms with Crippen molar-refractivity contribution in [3.63, 3.8) is 0 Å². The lowest BCUT2D eigenvalue weighted by molar-refractivity contribution is -0.385. The fraction of sp³-hybridized carbons (Fsp3) is 0.538. The Morgan fingerprint density at radius 2 is 2.10 bits per heavy atom. The number of aromatic nitrogens is 1. The van der Waals surface area contributed by atoms with Gasteiger partial charge in [-0.25, -0.2) is 4.98 Å². The van der Waals surface area contributed by atoms with Gasteiger partial charge in [-0.05, 0) is 26.3 Å². The lowest BCUT2D eigenvalue weighted by atomic mass is 10.2. The van der Waals surface area contributed by atoms with Crippen LogP contribution in [-0.2, 0) is 4.79 Å². The molecule has 0 aromatic carbocycles. The summed E-state index contributed by atoms with van der Waals surface area (Å²) in [4.78, 5) is 27.7. The van der Waals surface area contributed by atoms with Gasteiger partial charge in [0.15, 0.2) is 0 Å². The van der Waals surface area contributed by atoms with Crippen molar-refractivity contribution in [2.75, 3.05) is 25.0 Å². The molecule has 0 aliphatic heterocycles. The molecule has 0 fully saturated rings. The minimum absolute atomic E-state index is 0.0349. The Balaban J connectivity index is 2.54. The Morgan fingerprint density at radius 1 is 1.45 bits per heavy atom. The molecule has 0 bridgehead atoms. The summed E-state index contributed by atoms with van der Waals surface area (Å²) in [6.07, 6.45) is 1.58. The molecule has 0 aliphatic carbocycles. The first-order chi connectivity index (χ1) is 9.49. The van der Waals surface area contributed by atoms with Crippen molar-refractivity contribution in [1.29, 1.82) is 0 Å². The maximum Gasteiger partial charge on any atom is 0.287 e. The molecule has 110 valence electrons. The second-order valence-corrected chi connectivity index (χ2v) is 4.36. The van der Waals surface area contributed by atoms with Crippen molar-refractivity contribution in [2.45, 2.75) is 27.2 Å². The lowest BCUT2D eigenvalue weighted by Crippen LogP contribution is -2.31. The zero-order valence-corrected chi connectivity index (χ0v) is 12.0. The summed E-state index contributed by atoms with van der Waals surface area (Å²) in [7, 11) is 0. The molecule has 0 atom stereocenters. The average Bonchev–Trinajstić information content (AvgIpc) is 2.41. The molecule has 7 nitrogen and oxygen atoms in total. The molecule has 1 aromatic heterocycles. The third-order valence-corrected chi connectivity index (χ3v) is 3.02. The van der Waals surface area contributed by atoms with Gasteiger partial charge in [0, 0.05) is 32.1 Å². The largest absolute Gasteiger partial charge is 0.369 e. The van der Waals surface area contributed by atoms with Gasteiger partial charge in [-0.15, -0.1) is 0 Å². The van der Waals surface area contributed by atoms with Gasteiger partial charge in [-0.3, -0.25) is 14.9 Å². The summed E-state index contributed by atoms with van der Waals surface area (Å²) in [6.45, 7) is 7.48. The van der Waals surface area contributed by atoms with Gasteiger partial charge in [-0.2, -0.15) is 0 Å². The molecular formula is C13H20N4O3. The molecule has 0 saturated carbocycles. The number of anilines is 1. The highest BCUT2D eigenvalue weighted by Crippen LogP contribution is 2.17. The summed E-state index contributed by atoms with van der Waals surface area (Å²) in [5, 5.41) is 13.6. The van der Waals surface area contributed by atoms with Crippen LogP contribution >= 0.6 is 0 Å². The van der Waals surface area contributed by atoms with Gasteiger partial charge in [0.2, 0.25) is 5.91 Å². The number of pyridine rings is 1. The van der Waals surface area contributed by atoms with Crippen LogP contribution in [-0.4, -0.2) is 40.3 Å². The predicted molar refractivity (Wildman–Crippen MR) is 76.7 cm³/mol. The fourth-order valence-electron chi connectivity index (χ4n) is 1.87. The van der Waals surface area contributed by atoms with E-state index in [1.54, 1.807) is 11.8 Å². The van der Waals surface area contributed by atoms with E-state index in [2.05, 4.69) is 10.3 Å². The number of hydrogen-bond acceptors (Lipinski definition) is 5. The number of carbonyl (C=O) groups is 1. The molecule has 0 spiro atoms. The van der Waals surface area contributed by atoms with Crippen molar-refractivity contribution >= 4 is 17.4 Å². The number of hydrogen-bond donors (Lipinski definition) is 1. The summed E-state index contributed by atoms with van der Waals surface area (Å²) in [5.41, 5.74) is 0.654. The van der Waals surface area contributed by atoms with E-state index in [1.807, 2.05) is 13.8 Å². The van der Waals surface area contributed by atoms with E-state index < -0.39 is 4.92 Å². The predicted octanol–water partition coefficient (Wildman–Crippen LogP) is 1.97. The SMILES string of the molecule is CCN(CC)C(=O)CCNc1ncc([N+](=O)[O-])cc1C. The van der Waals surface area contributed by atoms with Crippen molar-refractivity contribution in [3.8, 4) is 0 Å². The molecule has 7 heteroatoms. The Bertz CT molecular complexity index is 487. The monoisotopic (exact) mass is 280 g/mol. The number of nitrogens with zero attached hydrogens (tertiary/aromatic N) is 3. The smallest absolute Gasteiger partial charge is 0.287 e. The van der Waals surface area contributed by atoms with E-state index in [4.69, 9.17) is 0 Å². The zero-order chi connectivity index (χ0) is 15.1. The average molecular weight is 280 g/mol. The molecule has 0 radical (unpaired) electrons. The van der Waals surface area contributed by atoms with Crippen LogP contribution in [0.1, 0.15) is 25.8 Å². The molecule has 1 heterocycles. The van der Waals surface area contributed by atoms with Crippen LogP contribution in [0.3, 0.4) is 0 Å². The van der Waals surface area contributed by atoms with Gasteiger partial charge in [-0.1, -0.05) is 0 Å². The quantitative estimate of drug-likeness (QED) is 0.609.